The number of likely N-dealkylation sites (tertiary alicyclic amines) is 1. The van der Waals surface area contributed by atoms with Crippen molar-refractivity contribution in [3.8, 4) is 0 Å². The lowest BCUT2D eigenvalue weighted by molar-refractivity contribution is -0.734. The molecule has 2 saturated heterocycles. The number of para-hydroxylation sites is 1. The van der Waals surface area contributed by atoms with Crippen molar-refractivity contribution in [2.45, 2.75) is 50.7 Å². The van der Waals surface area contributed by atoms with Crippen molar-refractivity contribution in [1.29, 1.82) is 0 Å². The minimum atomic E-state index is -1.18. The van der Waals surface area contributed by atoms with Crippen LogP contribution in [0.4, 0.5) is 5.69 Å². The maximum atomic E-state index is 13.4. The van der Waals surface area contributed by atoms with Crippen LogP contribution < -0.4 is 16.4 Å². The summed E-state index contributed by atoms with van der Waals surface area (Å²) in [5, 5.41) is 4.71. The summed E-state index contributed by atoms with van der Waals surface area (Å²) in [4.78, 5) is 52.5. The number of benzene rings is 1. The van der Waals surface area contributed by atoms with Gasteiger partial charge in [0.25, 0.3) is 5.91 Å². The van der Waals surface area contributed by atoms with Crippen molar-refractivity contribution in [2.75, 3.05) is 5.32 Å². The van der Waals surface area contributed by atoms with Gasteiger partial charge in [-0.2, -0.15) is 0 Å². The summed E-state index contributed by atoms with van der Waals surface area (Å²) in [6.07, 6.45) is 1.10. The van der Waals surface area contributed by atoms with Gasteiger partial charge in [-0.25, -0.2) is 0 Å². The minimum absolute atomic E-state index is 0.106. The number of hydrogen-bond acceptors (Lipinski definition) is 4. The lowest BCUT2D eigenvalue weighted by Crippen LogP contribution is -2.99. The standard InChI is InChI=1S/C20H24N4O4/c1-3-10(2)24-17(26)15-13(8-9-14(21)25)23-20(16(15)18(24)27)11-6-4-5-7-12(11)22-19(20)28/h4-7,10,13,15-16,23H,3,8-9H2,1-2H3,(H2,21,25)(H,22,28)/p+1/t10-,13-,15-,16+,20-/m1/s1. The molecule has 0 aliphatic carbocycles. The van der Waals surface area contributed by atoms with Crippen LogP contribution in [-0.2, 0) is 24.7 Å². The number of nitrogens with zero attached hydrogens (tertiary/aromatic N) is 1. The monoisotopic (exact) mass is 385 g/mol. The lowest BCUT2D eigenvalue weighted by Gasteiger charge is -2.28. The fraction of sp³-hybridized carbons (Fsp3) is 0.500. The Morgan fingerprint density at radius 1 is 1.29 bits per heavy atom. The maximum absolute atomic E-state index is 13.4. The molecule has 8 heteroatoms. The third-order valence-electron chi connectivity index (χ3n) is 6.57. The molecule has 148 valence electrons. The average molecular weight is 385 g/mol. The molecule has 0 bridgehead atoms. The second-order valence-electron chi connectivity index (χ2n) is 8.01. The van der Waals surface area contributed by atoms with E-state index in [0.29, 0.717) is 18.5 Å². The zero-order valence-corrected chi connectivity index (χ0v) is 16.0. The van der Waals surface area contributed by atoms with Gasteiger partial charge in [0.2, 0.25) is 23.3 Å². The van der Waals surface area contributed by atoms with Crippen LogP contribution >= 0.6 is 0 Å². The van der Waals surface area contributed by atoms with Gasteiger partial charge < -0.3 is 16.4 Å². The van der Waals surface area contributed by atoms with Crippen molar-refractivity contribution in [2.24, 2.45) is 17.6 Å². The summed E-state index contributed by atoms with van der Waals surface area (Å²) >= 11 is 0. The smallest absolute Gasteiger partial charge is 0.291 e. The van der Waals surface area contributed by atoms with Crippen LogP contribution in [0.25, 0.3) is 0 Å². The molecule has 1 aromatic rings. The van der Waals surface area contributed by atoms with Gasteiger partial charge in [0, 0.05) is 24.4 Å². The predicted octanol–water partition coefficient (Wildman–Crippen LogP) is -0.555. The molecule has 4 rings (SSSR count). The molecule has 4 amide bonds. The van der Waals surface area contributed by atoms with E-state index in [1.165, 1.54) is 4.90 Å². The first kappa shape index (κ1) is 18.6. The second-order valence-corrected chi connectivity index (χ2v) is 8.01. The molecule has 28 heavy (non-hydrogen) atoms. The van der Waals surface area contributed by atoms with Gasteiger partial charge in [-0.3, -0.25) is 24.1 Å². The molecule has 0 unspecified atom stereocenters. The normalized spacial score (nSPS) is 31.9. The quantitative estimate of drug-likeness (QED) is 0.588. The molecule has 3 aliphatic heterocycles. The van der Waals surface area contributed by atoms with Crippen LogP contribution in [0.1, 0.15) is 38.7 Å². The zero-order valence-electron chi connectivity index (χ0n) is 16.0. The number of fused-ring (bicyclic) bond motifs is 4. The summed E-state index contributed by atoms with van der Waals surface area (Å²) in [6.45, 7) is 3.76. The molecule has 0 aromatic heterocycles. The second kappa shape index (κ2) is 6.41. The predicted molar refractivity (Wildman–Crippen MR) is 99.5 cm³/mol. The van der Waals surface area contributed by atoms with Crippen molar-refractivity contribution in [3.63, 3.8) is 0 Å². The van der Waals surface area contributed by atoms with E-state index < -0.39 is 23.3 Å². The Hall–Kier alpha value is -2.74. The highest BCUT2D eigenvalue weighted by molar-refractivity contribution is 6.14. The summed E-state index contributed by atoms with van der Waals surface area (Å²) in [6, 6.07) is 6.69. The number of anilines is 1. The van der Waals surface area contributed by atoms with Crippen LogP contribution in [0.3, 0.4) is 0 Å². The first-order valence-electron chi connectivity index (χ1n) is 9.75. The van der Waals surface area contributed by atoms with E-state index in [0.717, 1.165) is 5.56 Å². The van der Waals surface area contributed by atoms with Crippen LogP contribution in [0.5, 0.6) is 0 Å². The van der Waals surface area contributed by atoms with E-state index in [1.54, 1.807) is 6.07 Å². The molecule has 0 radical (unpaired) electrons. The van der Waals surface area contributed by atoms with Crippen molar-refractivity contribution >= 4 is 29.3 Å². The van der Waals surface area contributed by atoms with E-state index in [9.17, 15) is 19.2 Å². The molecule has 0 saturated carbocycles. The number of imide groups is 1. The van der Waals surface area contributed by atoms with Gasteiger partial charge >= 0.3 is 0 Å². The zero-order chi connectivity index (χ0) is 20.2. The first-order valence-corrected chi connectivity index (χ1v) is 9.75. The summed E-state index contributed by atoms with van der Waals surface area (Å²) in [5.74, 6) is -2.71. The molecular formula is C20H25N4O4+. The number of carbonyl (C=O) groups is 4. The van der Waals surface area contributed by atoms with Gasteiger partial charge in [0.05, 0.1) is 5.69 Å². The molecule has 8 nitrogen and oxygen atoms in total. The SMILES string of the molecule is CC[C@@H](C)N1C(=O)[C@H]2[C@@H](C1=O)[C@@]1([NH2+][C@@H]2CCC(N)=O)C(=O)Nc2ccccc21. The Labute approximate surface area is 162 Å². The maximum Gasteiger partial charge on any atom is 0.291 e. The number of rotatable bonds is 5. The fourth-order valence-electron chi connectivity index (χ4n) is 5.13. The summed E-state index contributed by atoms with van der Waals surface area (Å²) in [7, 11) is 0. The topological polar surface area (TPSA) is 126 Å². The highest BCUT2D eigenvalue weighted by atomic mass is 16.2. The van der Waals surface area contributed by atoms with Crippen LogP contribution in [-0.4, -0.2) is 40.6 Å². The third-order valence-corrected chi connectivity index (χ3v) is 6.57. The Bertz CT molecular complexity index is 885. The molecule has 2 fully saturated rings. The molecule has 3 aliphatic rings. The van der Waals surface area contributed by atoms with Crippen molar-refractivity contribution < 1.29 is 24.5 Å². The molecular weight excluding hydrogens is 360 g/mol. The van der Waals surface area contributed by atoms with Crippen LogP contribution in [0, 0.1) is 11.8 Å². The Morgan fingerprint density at radius 2 is 2.00 bits per heavy atom. The number of hydrogen-bond donors (Lipinski definition) is 3. The van der Waals surface area contributed by atoms with Gasteiger partial charge in [-0.15, -0.1) is 0 Å². The Morgan fingerprint density at radius 3 is 2.68 bits per heavy atom. The average Bonchev–Trinajstić information content (AvgIpc) is 3.24. The lowest BCUT2D eigenvalue weighted by atomic mass is 9.76. The molecule has 5 N–H and O–H groups in total. The number of nitrogens with two attached hydrogens (primary N) is 2. The van der Waals surface area contributed by atoms with E-state index >= 15 is 0 Å². The Balaban J connectivity index is 1.83. The van der Waals surface area contributed by atoms with E-state index in [-0.39, 0.29) is 36.2 Å². The van der Waals surface area contributed by atoms with Gasteiger partial charge in [0.1, 0.15) is 17.9 Å². The van der Waals surface area contributed by atoms with Gasteiger partial charge in [-0.1, -0.05) is 25.1 Å². The van der Waals surface area contributed by atoms with Crippen LogP contribution in [0.15, 0.2) is 24.3 Å². The third kappa shape index (κ3) is 2.33. The summed E-state index contributed by atoms with van der Waals surface area (Å²) in [5.41, 5.74) is 5.53. The highest BCUT2D eigenvalue weighted by Gasteiger charge is 2.74. The largest absolute Gasteiger partial charge is 0.370 e. The molecule has 3 heterocycles. The van der Waals surface area contributed by atoms with E-state index in [2.05, 4.69) is 5.32 Å². The Kier molecular flexibility index (Phi) is 4.26. The number of amides is 4. The molecule has 5 atom stereocenters. The number of carbonyl (C=O) groups excluding carboxylic acids is 4. The van der Waals surface area contributed by atoms with E-state index in [1.807, 2.05) is 37.4 Å². The fourth-order valence-corrected chi connectivity index (χ4v) is 5.13. The minimum Gasteiger partial charge on any atom is -0.370 e. The molecule has 1 spiro atoms. The number of nitrogens with one attached hydrogen (secondary N) is 1. The molecule has 1 aromatic carbocycles. The van der Waals surface area contributed by atoms with Crippen molar-refractivity contribution in [1.82, 2.24) is 4.90 Å². The van der Waals surface area contributed by atoms with Gasteiger partial charge in [-0.05, 0) is 19.4 Å². The number of primary amides is 1. The van der Waals surface area contributed by atoms with Crippen LogP contribution in [0.2, 0.25) is 0 Å². The summed E-state index contributed by atoms with van der Waals surface area (Å²) < 4.78 is 0. The first-order chi connectivity index (χ1) is 13.3. The van der Waals surface area contributed by atoms with Gasteiger partial charge in [0.15, 0.2) is 0 Å². The van der Waals surface area contributed by atoms with E-state index in [4.69, 9.17) is 5.73 Å². The number of quaternary nitrogens is 1. The highest BCUT2D eigenvalue weighted by Crippen LogP contribution is 2.49. The van der Waals surface area contributed by atoms with Crippen molar-refractivity contribution in [3.05, 3.63) is 29.8 Å².